The molecule has 1 aromatic carbocycles. The highest BCUT2D eigenvalue weighted by Gasteiger charge is 2.08. The van der Waals surface area contributed by atoms with Crippen LogP contribution in [0.2, 0.25) is 5.02 Å². The molecular formula is C15H15ClN2O3. The molecule has 0 unspecified atom stereocenters. The monoisotopic (exact) mass is 306 g/mol. The Morgan fingerprint density at radius 1 is 1.38 bits per heavy atom. The molecule has 0 aliphatic rings. The van der Waals surface area contributed by atoms with E-state index in [0.717, 1.165) is 11.3 Å². The Kier molecular flexibility index (Phi) is 5.00. The summed E-state index contributed by atoms with van der Waals surface area (Å²) >= 11 is 5.69. The molecule has 0 saturated carbocycles. The van der Waals surface area contributed by atoms with Crippen LogP contribution in [0.25, 0.3) is 0 Å². The van der Waals surface area contributed by atoms with Crippen molar-refractivity contribution in [2.45, 2.75) is 6.42 Å². The van der Waals surface area contributed by atoms with E-state index in [1.165, 1.54) is 12.3 Å². The first-order chi connectivity index (χ1) is 10.1. The minimum atomic E-state index is -0.415. The standard InChI is InChI=1S/C15H15ClN2O3/c1-21-13-5-3-2-4-10(13)6-7-17-14(19)11-8-12(16)15(20)18-9-11/h2-5,8-9H,6-7H2,1H3,(H,17,19)(H,18,20). The molecule has 0 aliphatic heterocycles. The van der Waals surface area contributed by atoms with Gasteiger partial charge in [0.25, 0.3) is 11.5 Å². The number of para-hydroxylation sites is 1. The van der Waals surface area contributed by atoms with Crippen LogP contribution in [0.15, 0.2) is 41.3 Å². The molecular weight excluding hydrogens is 292 g/mol. The lowest BCUT2D eigenvalue weighted by Crippen LogP contribution is -2.26. The summed E-state index contributed by atoms with van der Waals surface area (Å²) in [4.78, 5) is 25.5. The van der Waals surface area contributed by atoms with Gasteiger partial charge in [-0.05, 0) is 24.1 Å². The number of aromatic nitrogens is 1. The van der Waals surface area contributed by atoms with Crippen molar-refractivity contribution in [3.05, 3.63) is 63.0 Å². The van der Waals surface area contributed by atoms with E-state index >= 15 is 0 Å². The summed E-state index contributed by atoms with van der Waals surface area (Å²) in [5.41, 5.74) is 0.918. The van der Waals surface area contributed by atoms with Gasteiger partial charge in [0, 0.05) is 12.7 Å². The number of rotatable bonds is 5. The van der Waals surface area contributed by atoms with Crippen molar-refractivity contribution in [2.75, 3.05) is 13.7 Å². The number of pyridine rings is 1. The summed E-state index contributed by atoms with van der Waals surface area (Å²) in [6.45, 7) is 0.454. The third-order valence-corrected chi connectivity index (χ3v) is 3.27. The van der Waals surface area contributed by atoms with Crippen LogP contribution >= 0.6 is 11.6 Å². The zero-order valence-electron chi connectivity index (χ0n) is 11.5. The molecule has 0 atom stereocenters. The Balaban J connectivity index is 1.95. The third kappa shape index (κ3) is 3.86. The van der Waals surface area contributed by atoms with Gasteiger partial charge in [-0.3, -0.25) is 9.59 Å². The molecule has 1 amide bonds. The lowest BCUT2D eigenvalue weighted by atomic mass is 10.1. The molecule has 0 saturated heterocycles. The molecule has 110 valence electrons. The van der Waals surface area contributed by atoms with Crippen LogP contribution in [-0.2, 0) is 6.42 Å². The number of hydrogen-bond donors (Lipinski definition) is 2. The fourth-order valence-corrected chi connectivity index (χ4v) is 2.08. The van der Waals surface area contributed by atoms with Gasteiger partial charge in [-0.1, -0.05) is 29.8 Å². The summed E-state index contributed by atoms with van der Waals surface area (Å²) in [6, 6.07) is 8.98. The van der Waals surface area contributed by atoms with Crippen LogP contribution in [-0.4, -0.2) is 24.5 Å². The van der Waals surface area contributed by atoms with Crippen molar-refractivity contribution in [3.8, 4) is 5.75 Å². The van der Waals surface area contributed by atoms with Crippen molar-refractivity contribution >= 4 is 17.5 Å². The Bertz CT molecular complexity index is 697. The van der Waals surface area contributed by atoms with Gasteiger partial charge in [-0.25, -0.2) is 0 Å². The first-order valence-electron chi connectivity index (χ1n) is 6.40. The largest absolute Gasteiger partial charge is 0.496 e. The minimum absolute atomic E-state index is 0.00706. The summed E-state index contributed by atoms with van der Waals surface area (Å²) in [7, 11) is 1.61. The maximum absolute atomic E-state index is 11.9. The predicted octanol–water partition coefficient (Wildman–Crippen LogP) is 2.01. The van der Waals surface area contributed by atoms with Gasteiger partial charge in [0.1, 0.15) is 10.8 Å². The van der Waals surface area contributed by atoms with Crippen LogP contribution in [0, 0.1) is 0 Å². The van der Waals surface area contributed by atoms with E-state index in [1.54, 1.807) is 7.11 Å². The molecule has 1 heterocycles. The molecule has 0 bridgehead atoms. The average Bonchev–Trinajstić information content (AvgIpc) is 2.50. The maximum Gasteiger partial charge on any atom is 0.266 e. The van der Waals surface area contributed by atoms with E-state index in [9.17, 15) is 9.59 Å². The molecule has 0 radical (unpaired) electrons. The number of amides is 1. The molecule has 2 N–H and O–H groups in total. The van der Waals surface area contributed by atoms with Crippen molar-refractivity contribution in [2.24, 2.45) is 0 Å². The highest BCUT2D eigenvalue weighted by Crippen LogP contribution is 2.17. The van der Waals surface area contributed by atoms with Crippen LogP contribution in [0.1, 0.15) is 15.9 Å². The molecule has 2 rings (SSSR count). The van der Waals surface area contributed by atoms with Gasteiger partial charge in [0.15, 0.2) is 0 Å². The van der Waals surface area contributed by atoms with Crippen molar-refractivity contribution < 1.29 is 9.53 Å². The molecule has 2 aromatic rings. The van der Waals surface area contributed by atoms with Gasteiger partial charge in [0.2, 0.25) is 0 Å². The molecule has 1 aromatic heterocycles. The minimum Gasteiger partial charge on any atom is -0.496 e. The number of carbonyl (C=O) groups is 1. The fourth-order valence-electron chi connectivity index (χ4n) is 1.91. The van der Waals surface area contributed by atoms with Crippen LogP contribution < -0.4 is 15.6 Å². The quantitative estimate of drug-likeness (QED) is 0.887. The average molecular weight is 307 g/mol. The van der Waals surface area contributed by atoms with E-state index in [2.05, 4.69) is 10.3 Å². The van der Waals surface area contributed by atoms with Crippen LogP contribution in [0.3, 0.4) is 0 Å². The van der Waals surface area contributed by atoms with E-state index in [-0.39, 0.29) is 10.9 Å². The normalized spacial score (nSPS) is 10.2. The molecule has 0 aliphatic carbocycles. The van der Waals surface area contributed by atoms with Gasteiger partial charge < -0.3 is 15.0 Å². The molecule has 21 heavy (non-hydrogen) atoms. The zero-order valence-corrected chi connectivity index (χ0v) is 12.2. The van der Waals surface area contributed by atoms with Crippen molar-refractivity contribution in [1.29, 1.82) is 0 Å². The number of ether oxygens (including phenoxy) is 1. The number of hydrogen-bond acceptors (Lipinski definition) is 3. The van der Waals surface area contributed by atoms with Crippen LogP contribution in [0.4, 0.5) is 0 Å². The Morgan fingerprint density at radius 2 is 2.14 bits per heavy atom. The first kappa shape index (κ1) is 15.1. The first-order valence-corrected chi connectivity index (χ1v) is 6.78. The molecule has 5 nitrogen and oxygen atoms in total. The number of aromatic amines is 1. The lowest BCUT2D eigenvalue weighted by molar-refractivity contribution is 0.0953. The van der Waals surface area contributed by atoms with E-state index < -0.39 is 5.56 Å². The highest BCUT2D eigenvalue weighted by atomic mass is 35.5. The zero-order chi connectivity index (χ0) is 15.2. The Hall–Kier alpha value is -2.27. The van der Waals surface area contributed by atoms with E-state index in [0.29, 0.717) is 18.5 Å². The van der Waals surface area contributed by atoms with E-state index in [1.807, 2.05) is 24.3 Å². The predicted molar refractivity (Wildman–Crippen MR) is 81.1 cm³/mol. The summed E-state index contributed by atoms with van der Waals surface area (Å²) in [6.07, 6.45) is 1.99. The molecule has 0 spiro atoms. The molecule has 0 fully saturated rings. The Morgan fingerprint density at radius 3 is 2.86 bits per heavy atom. The van der Waals surface area contributed by atoms with Gasteiger partial charge >= 0.3 is 0 Å². The maximum atomic E-state index is 11.9. The second-order valence-corrected chi connectivity index (χ2v) is 4.79. The van der Waals surface area contributed by atoms with Gasteiger partial charge in [0.05, 0.1) is 12.7 Å². The highest BCUT2D eigenvalue weighted by molar-refractivity contribution is 6.30. The van der Waals surface area contributed by atoms with Gasteiger partial charge in [-0.2, -0.15) is 0 Å². The number of H-pyrrole nitrogens is 1. The fraction of sp³-hybridized carbons (Fsp3) is 0.200. The van der Waals surface area contributed by atoms with Gasteiger partial charge in [-0.15, -0.1) is 0 Å². The smallest absolute Gasteiger partial charge is 0.266 e. The Labute approximate surface area is 126 Å². The number of halogens is 1. The van der Waals surface area contributed by atoms with Crippen molar-refractivity contribution in [3.63, 3.8) is 0 Å². The number of benzene rings is 1. The number of carbonyl (C=O) groups excluding carboxylic acids is 1. The lowest BCUT2D eigenvalue weighted by Gasteiger charge is -2.09. The second-order valence-electron chi connectivity index (χ2n) is 4.38. The third-order valence-electron chi connectivity index (χ3n) is 2.99. The van der Waals surface area contributed by atoms with E-state index in [4.69, 9.17) is 16.3 Å². The van der Waals surface area contributed by atoms with Crippen LogP contribution in [0.5, 0.6) is 5.75 Å². The number of nitrogens with one attached hydrogen (secondary N) is 2. The van der Waals surface area contributed by atoms with Crippen molar-refractivity contribution in [1.82, 2.24) is 10.3 Å². The summed E-state index contributed by atoms with van der Waals surface area (Å²) in [5.74, 6) is 0.502. The second kappa shape index (κ2) is 6.95. The molecule has 6 heteroatoms. The topological polar surface area (TPSA) is 71.2 Å². The summed E-state index contributed by atoms with van der Waals surface area (Å²) in [5, 5.41) is 2.76. The summed E-state index contributed by atoms with van der Waals surface area (Å²) < 4.78 is 5.25. The SMILES string of the molecule is COc1ccccc1CCNC(=O)c1c[nH]c(=O)c(Cl)c1. The number of methoxy groups -OCH3 is 1.